The van der Waals surface area contributed by atoms with Crippen LogP contribution >= 0.6 is 0 Å². The molecule has 0 radical (unpaired) electrons. The highest BCUT2D eigenvalue weighted by Gasteiger charge is 2.41. The van der Waals surface area contributed by atoms with E-state index in [0.717, 1.165) is 24.3 Å². The van der Waals surface area contributed by atoms with E-state index in [9.17, 15) is 4.79 Å². The second-order valence-corrected chi connectivity index (χ2v) is 5.43. The monoisotopic (exact) mass is 246 g/mol. The summed E-state index contributed by atoms with van der Waals surface area (Å²) in [5.74, 6) is 2.27. The highest BCUT2D eigenvalue weighted by molar-refractivity contribution is 5.85. The van der Waals surface area contributed by atoms with Gasteiger partial charge in [-0.2, -0.15) is 0 Å². The van der Waals surface area contributed by atoms with Crippen LogP contribution in [-0.2, 0) is 0 Å². The Labute approximate surface area is 106 Å². The summed E-state index contributed by atoms with van der Waals surface area (Å²) < 4.78 is 0. The molecule has 3 rings (SSSR count). The fourth-order valence-corrected chi connectivity index (χ4v) is 2.64. The Balaban J connectivity index is 1.61. The molecule has 4 heteroatoms. The molecule has 0 atom stereocenters. The zero-order chi connectivity index (χ0) is 12.5. The van der Waals surface area contributed by atoms with Crippen LogP contribution in [0.2, 0.25) is 0 Å². The molecule has 0 aliphatic heterocycles. The molecule has 2 fully saturated rings. The summed E-state index contributed by atoms with van der Waals surface area (Å²) in [5.41, 5.74) is 0.106. The molecule has 0 spiro atoms. The summed E-state index contributed by atoms with van der Waals surface area (Å²) in [6, 6.07) is 5.10. The maximum atomic E-state index is 10.8. The van der Waals surface area contributed by atoms with Gasteiger partial charge in [-0.1, -0.05) is 6.07 Å². The van der Waals surface area contributed by atoms with Gasteiger partial charge < -0.3 is 10.4 Å². The van der Waals surface area contributed by atoms with E-state index in [4.69, 9.17) is 5.11 Å². The molecule has 18 heavy (non-hydrogen) atoms. The molecule has 0 aromatic carbocycles. The summed E-state index contributed by atoms with van der Waals surface area (Å²) in [6.45, 7) is 0.936. The maximum Gasteiger partial charge on any atom is 0.354 e. The van der Waals surface area contributed by atoms with Crippen molar-refractivity contribution in [3.63, 3.8) is 0 Å². The second kappa shape index (κ2) is 4.59. The third-order valence-electron chi connectivity index (χ3n) is 3.94. The third kappa shape index (κ3) is 2.63. The highest BCUT2D eigenvalue weighted by atomic mass is 16.4. The molecule has 0 amide bonds. The number of nitrogens with one attached hydrogen (secondary N) is 1. The topological polar surface area (TPSA) is 62.2 Å². The molecule has 2 aliphatic carbocycles. The summed E-state index contributed by atoms with van der Waals surface area (Å²) in [6.07, 6.45) is 5.47. The Kier molecular flexibility index (Phi) is 2.94. The molecule has 0 bridgehead atoms. The first kappa shape index (κ1) is 11.5. The molecule has 1 aromatic rings. The van der Waals surface area contributed by atoms with Crippen molar-refractivity contribution in [2.75, 3.05) is 11.9 Å². The van der Waals surface area contributed by atoms with Gasteiger partial charge in [0.05, 0.1) is 0 Å². The van der Waals surface area contributed by atoms with Crippen LogP contribution in [0.5, 0.6) is 0 Å². The number of carboxylic acid groups (broad SMARTS) is 1. The fourth-order valence-electron chi connectivity index (χ4n) is 2.64. The van der Waals surface area contributed by atoms with E-state index in [2.05, 4.69) is 10.3 Å². The SMILES string of the molecule is O=C(O)c1cccc(NCC(C2CC2)C2CC2)n1. The van der Waals surface area contributed by atoms with E-state index in [1.807, 2.05) is 6.07 Å². The Hall–Kier alpha value is -1.58. The number of rotatable bonds is 6. The van der Waals surface area contributed by atoms with E-state index >= 15 is 0 Å². The molecule has 0 saturated heterocycles. The lowest BCUT2D eigenvalue weighted by molar-refractivity contribution is 0.0690. The number of pyridine rings is 1. The van der Waals surface area contributed by atoms with Crippen LogP contribution in [0.4, 0.5) is 5.82 Å². The number of aromatic carboxylic acids is 1. The van der Waals surface area contributed by atoms with E-state index in [-0.39, 0.29) is 5.69 Å². The summed E-state index contributed by atoms with van der Waals surface area (Å²) in [5, 5.41) is 12.2. The normalized spacial score (nSPS) is 18.9. The van der Waals surface area contributed by atoms with Crippen LogP contribution < -0.4 is 5.32 Å². The highest BCUT2D eigenvalue weighted by Crippen LogP contribution is 2.49. The molecular weight excluding hydrogens is 228 g/mol. The van der Waals surface area contributed by atoms with Crippen molar-refractivity contribution >= 4 is 11.8 Å². The van der Waals surface area contributed by atoms with Crippen LogP contribution in [0.15, 0.2) is 18.2 Å². The number of anilines is 1. The van der Waals surface area contributed by atoms with Gasteiger partial charge in [-0.15, -0.1) is 0 Å². The molecule has 1 aromatic heterocycles. The number of hydrogen-bond donors (Lipinski definition) is 2. The molecule has 96 valence electrons. The Morgan fingerprint density at radius 1 is 1.33 bits per heavy atom. The first-order chi connectivity index (χ1) is 8.74. The molecule has 2 N–H and O–H groups in total. The van der Waals surface area contributed by atoms with Crippen molar-refractivity contribution < 1.29 is 9.90 Å². The van der Waals surface area contributed by atoms with Gasteiger partial charge in [0, 0.05) is 6.54 Å². The molecule has 2 saturated carbocycles. The van der Waals surface area contributed by atoms with E-state index in [0.29, 0.717) is 5.82 Å². The Bertz CT molecular complexity index is 441. The van der Waals surface area contributed by atoms with Crippen LogP contribution in [0.3, 0.4) is 0 Å². The van der Waals surface area contributed by atoms with Gasteiger partial charge in [0.1, 0.15) is 5.82 Å². The summed E-state index contributed by atoms with van der Waals surface area (Å²) >= 11 is 0. The Morgan fingerprint density at radius 3 is 2.56 bits per heavy atom. The van der Waals surface area contributed by atoms with Gasteiger partial charge in [-0.3, -0.25) is 0 Å². The largest absolute Gasteiger partial charge is 0.477 e. The van der Waals surface area contributed by atoms with Gasteiger partial charge in [0.25, 0.3) is 0 Å². The van der Waals surface area contributed by atoms with Crippen molar-refractivity contribution in [1.82, 2.24) is 4.98 Å². The molecule has 0 unspecified atom stereocenters. The van der Waals surface area contributed by atoms with Gasteiger partial charge >= 0.3 is 5.97 Å². The van der Waals surface area contributed by atoms with Gasteiger partial charge in [0.15, 0.2) is 5.69 Å². The van der Waals surface area contributed by atoms with E-state index < -0.39 is 5.97 Å². The predicted octanol–water partition coefficient (Wildman–Crippen LogP) is 2.63. The third-order valence-corrected chi connectivity index (χ3v) is 3.94. The van der Waals surface area contributed by atoms with Crippen LogP contribution in [0.25, 0.3) is 0 Å². The van der Waals surface area contributed by atoms with Gasteiger partial charge in [-0.05, 0) is 55.6 Å². The van der Waals surface area contributed by atoms with Crippen molar-refractivity contribution in [3.8, 4) is 0 Å². The fraction of sp³-hybridized carbons (Fsp3) is 0.571. The zero-order valence-corrected chi connectivity index (χ0v) is 10.3. The smallest absolute Gasteiger partial charge is 0.354 e. The molecule has 2 aliphatic rings. The van der Waals surface area contributed by atoms with Crippen molar-refractivity contribution in [2.45, 2.75) is 25.7 Å². The average Bonchev–Trinajstić information content (AvgIpc) is 3.23. The van der Waals surface area contributed by atoms with Crippen molar-refractivity contribution in [2.24, 2.45) is 17.8 Å². The predicted molar refractivity (Wildman–Crippen MR) is 68.6 cm³/mol. The maximum absolute atomic E-state index is 10.8. The van der Waals surface area contributed by atoms with E-state index in [1.165, 1.54) is 31.7 Å². The average molecular weight is 246 g/mol. The molecule has 1 heterocycles. The minimum absolute atomic E-state index is 0.106. The first-order valence-electron chi connectivity index (χ1n) is 6.68. The zero-order valence-electron chi connectivity index (χ0n) is 10.3. The minimum atomic E-state index is -0.973. The standard InChI is InChI=1S/C14H18N2O2/c17-14(18)12-2-1-3-13(16-12)15-8-11(9-4-5-9)10-6-7-10/h1-3,9-11H,4-8H2,(H,15,16)(H,17,18). The lowest BCUT2D eigenvalue weighted by Crippen LogP contribution is -2.19. The quantitative estimate of drug-likeness (QED) is 0.810. The van der Waals surface area contributed by atoms with Crippen LogP contribution in [0.1, 0.15) is 36.2 Å². The number of hydrogen-bond acceptors (Lipinski definition) is 3. The number of carboxylic acids is 1. The first-order valence-corrected chi connectivity index (χ1v) is 6.68. The lowest BCUT2D eigenvalue weighted by atomic mass is 9.98. The summed E-state index contributed by atoms with van der Waals surface area (Å²) in [7, 11) is 0. The van der Waals surface area contributed by atoms with Gasteiger partial charge in [0.2, 0.25) is 0 Å². The number of nitrogens with zero attached hydrogens (tertiary/aromatic N) is 1. The number of carbonyl (C=O) groups is 1. The molecule has 4 nitrogen and oxygen atoms in total. The van der Waals surface area contributed by atoms with Crippen LogP contribution in [0, 0.1) is 17.8 Å². The minimum Gasteiger partial charge on any atom is -0.477 e. The second-order valence-electron chi connectivity index (χ2n) is 5.43. The van der Waals surface area contributed by atoms with Crippen molar-refractivity contribution in [1.29, 1.82) is 0 Å². The van der Waals surface area contributed by atoms with E-state index in [1.54, 1.807) is 6.07 Å². The molecular formula is C14H18N2O2. The number of aromatic nitrogens is 1. The van der Waals surface area contributed by atoms with Gasteiger partial charge in [-0.25, -0.2) is 9.78 Å². The Morgan fingerprint density at radius 2 is 2.00 bits per heavy atom. The summed E-state index contributed by atoms with van der Waals surface area (Å²) in [4.78, 5) is 14.9. The lowest BCUT2D eigenvalue weighted by Gasteiger charge is -2.16. The van der Waals surface area contributed by atoms with Crippen LogP contribution in [-0.4, -0.2) is 22.6 Å². The van der Waals surface area contributed by atoms with Crippen molar-refractivity contribution in [3.05, 3.63) is 23.9 Å².